The molecule has 2 rings (SSSR count). The van der Waals surface area contributed by atoms with Crippen LogP contribution >= 0.6 is 0 Å². The van der Waals surface area contributed by atoms with Gasteiger partial charge in [0, 0.05) is 24.8 Å². The Morgan fingerprint density at radius 1 is 1.27 bits per heavy atom. The Bertz CT molecular complexity index is 589. The molecule has 0 fully saturated rings. The van der Waals surface area contributed by atoms with Gasteiger partial charge in [-0.2, -0.15) is 13.2 Å². The normalized spacial score (nSPS) is 11.8. The van der Waals surface area contributed by atoms with Crippen LogP contribution in [0.25, 0.3) is 11.0 Å². The number of halogens is 3. The minimum absolute atomic E-state index is 0.101. The van der Waals surface area contributed by atoms with Gasteiger partial charge < -0.3 is 14.5 Å². The molecule has 0 atom stereocenters. The van der Waals surface area contributed by atoms with Gasteiger partial charge in [0.2, 0.25) is 5.91 Å². The van der Waals surface area contributed by atoms with Crippen molar-refractivity contribution in [2.45, 2.75) is 19.0 Å². The molecule has 0 aliphatic rings. The van der Waals surface area contributed by atoms with E-state index in [1.807, 2.05) is 30.3 Å². The van der Waals surface area contributed by atoms with Crippen molar-refractivity contribution in [3.8, 4) is 0 Å². The van der Waals surface area contributed by atoms with E-state index in [1.165, 1.54) is 0 Å². The monoisotopic (exact) mass is 315 g/mol. The molecular formula is C15H16F3NO3. The Balaban J connectivity index is 1.64. The molecule has 1 aromatic heterocycles. The number of para-hydroxylation sites is 1. The molecule has 0 radical (unpaired) electrons. The average molecular weight is 315 g/mol. The fourth-order valence-electron chi connectivity index (χ4n) is 1.93. The van der Waals surface area contributed by atoms with Crippen LogP contribution in [0.4, 0.5) is 13.2 Å². The van der Waals surface area contributed by atoms with E-state index >= 15 is 0 Å². The average Bonchev–Trinajstić information content (AvgIpc) is 2.85. The van der Waals surface area contributed by atoms with Crippen LogP contribution in [0.5, 0.6) is 0 Å². The molecule has 0 unspecified atom stereocenters. The molecule has 0 aliphatic heterocycles. The summed E-state index contributed by atoms with van der Waals surface area (Å²) in [5, 5.41) is 3.60. The Labute approximate surface area is 125 Å². The van der Waals surface area contributed by atoms with Gasteiger partial charge in [-0.15, -0.1) is 0 Å². The smallest absolute Gasteiger partial charge is 0.411 e. The van der Waals surface area contributed by atoms with E-state index in [9.17, 15) is 18.0 Å². The molecule has 2 aromatic rings. The lowest BCUT2D eigenvalue weighted by Crippen LogP contribution is -2.27. The first kappa shape index (κ1) is 16.4. The first-order valence-electron chi connectivity index (χ1n) is 6.83. The Morgan fingerprint density at radius 3 is 2.77 bits per heavy atom. The van der Waals surface area contributed by atoms with E-state index in [4.69, 9.17) is 4.42 Å². The molecular weight excluding hydrogens is 299 g/mol. The van der Waals surface area contributed by atoms with E-state index in [2.05, 4.69) is 10.1 Å². The molecule has 0 aliphatic carbocycles. The predicted octanol–water partition coefficient (Wildman–Crippen LogP) is 3.06. The standard InChI is InChI=1S/C15H16F3NO3/c16-15(17,18)10-21-8-6-14(20)19-7-5-12-9-11-3-1-2-4-13(11)22-12/h1-4,9H,5-8,10H2,(H,19,20). The highest BCUT2D eigenvalue weighted by molar-refractivity contribution is 5.78. The number of rotatable bonds is 7. The summed E-state index contributed by atoms with van der Waals surface area (Å²) in [6, 6.07) is 9.46. The zero-order valence-electron chi connectivity index (χ0n) is 11.8. The molecule has 4 nitrogen and oxygen atoms in total. The van der Waals surface area contributed by atoms with Gasteiger partial charge in [-0.1, -0.05) is 18.2 Å². The molecule has 120 valence electrons. The predicted molar refractivity (Wildman–Crippen MR) is 74.4 cm³/mol. The van der Waals surface area contributed by atoms with E-state index in [0.717, 1.165) is 16.7 Å². The summed E-state index contributed by atoms with van der Waals surface area (Å²) in [4.78, 5) is 11.4. The van der Waals surface area contributed by atoms with Crippen LogP contribution in [0.2, 0.25) is 0 Å². The maximum Gasteiger partial charge on any atom is 0.411 e. The lowest BCUT2D eigenvalue weighted by atomic mass is 10.2. The maximum absolute atomic E-state index is 11.8. The topological polar surface area (TPSA) is 51.5 Å². The Morgan fingerprint density at radius 2 is 2.05 bits per heavy atom. The van der Waals surface area contributed by atoms with E-state index in [-0.39, 0.29) is 18.9 Å². The second-order valence-electron chi connectivity index (χ2n) is 4.77. The van der Waals surface area contributed by atoms with Crippen molar-refractivity contribution in [3.05, 3.63) is 36.1 Å². The Hall–Kier alpha value is -2.02. The summed E-state index contributed by atoms with van der Waals surface area (Å²) in [5.74, 6) is 0.396. The molecule has 7 heteroatoms. The largest absolute Gasteiger partial charge is 0.461 e. The van der Waals surface area contributed by atoms with Crippen LogP contribution in [0.15, 0.2) is 34.7 Å². The van der Waals surface area contributed by atoms with Gasteiger partial charge in [-0.3, -0.25) is 4.79 Å². The summed E-state index contributed by atoms with van der Waals surface area (Å²) in [6.45, 7) is -1.23. The number of fused-ring (bicyclic) bond motifs is 1. The van der Waals surface area contributed by atoms with Crippen LogP contribution in [0, 0.1) is 0 Å². The van der Waals surface area contributed by atoms with E-state index in [0.29, 0.717) is 13.0 Å². The molecule has 0 bridgehead atoms. The molecule has 0 saturated carbocycles. The maximum atomic E-state index is 11.8. The third-order valence-electron chi connectivity index (χ3n) is 2.91. The van der Waals surface area contributed by atoms with Crippen molar-refractivity contribution in [2.75, 3.05) is 19.8 Å². The van der Waals surface area contributed by atoms with E-state index in [1.54, 1.807) is 0 Å². The number of amides is 1. The fraction of sp³-hybridized carbons (Fsp3) is 0.400. The number of carbonyl (C=O) groups excluding carboxylic acids is 1. The first-order chi connectivity index (χ1) is 10.4. The van der Waals surface area contributed by atoms with Gasteiger partial charge in [0.25, 0.3) is 0 Å². The number of alkyl halides is 3. The lowest BCUT2D eigenvalue weighted by molar-refractivity contribution is -0.174. The third kappa shape index (κ3) is 5.40. The van der Waals surface area contributed by atoms with Gasteiger partial charge in [0.05, 0.1) is 6.61 Å². The second kappa shape index (κ2) is 7.31. The van der Waals surface area contributed by atoms with Gasteiger partial charge >= 0.3 is 6.18 Å². The highest BCUT2D eigenvalue weighted by atomic mass is 19.4. The summed E-state index contributed by atoms with van der Waals surface area (Å²) in [6.07, 6.45) is -3.95. The van der Waals surface area contributed by atoms with Crippen molar-refractivity contribution >= 4 is 16.9 Å². The second-order valence-corrected chi connectivity index (χ2v) is 4.77. The molecule has 0 spiro atoms. The van der Waals surface area contributed by atoms with Crippen molar-refractivity contribution in [1.29, 1.82) is 0 Å². The molecule has 22 heavy (non-hydrogen) atoms. The first-order valence-corrected chi connectivity index (χ1v) is 6.83. The summed E-state index contributed by atoms with van der Waals surface area (Å²) in [5.41, 5.74) is 0.782. The lowest BCUT2D eigenvalue weighted by Gasteiger charge is -2.07. The third-order valence-corrected chi connectivity index (χ3v) is 2.91. The van der Waals surface area contributed by atoms with Crippen LogP contribution in [0.1, 0.15) is 12.2 Å². The van der Waals surface area contributed by atoms with Crippen LogP contribution < -0.4 is 5.32 Å². The van der Waals surface area contributed by atoms with Crippen LogP contribution in [0.3, 0.4) is 0 Å². The number of ether oxygens (including phenoxy) is 1. The fourth-order valence-corrected chi connectivity index (χ4v) is 1.93. The quantitative estimate of drug-likeness (QED) is 0.799. The van der Waals surface area contributed by atoms with Crippen molar-refractivity contribution in [3.63, 3.8) is 0 Å². The van der Waals surface area contributed by atoms with Crippen LogP contribution in [-0.4, -0.2) is 31.8 Å². The molecule has 1 amide bonds. The molecule has 1 N–H and O–H groups in total. The van der Waals surface area contributed by atoms with Gasteiger partial charge in [0.15, 0.2) is 0 Å². The summed E-state index contributed by atoms with van der Waals surface area (Å²) < 4.78 is 45.4. The number of hydrogen-bond donors (Lipinski definition) is 1. The summed E-state index contributed by atoms with van der Waals surface area (Å²) in [7, 11) is 0. The van der Waals surface area contributed by atoms with Crippen molar-refractivity contribution in [2.24, 2.45) is 0 Å². The number of benzene rings is 1. The van der Waals surface area contributed by atoms with Gasteiger partial charge in [-0.05, 0) is 12.1 Å². The van der Waals surface area contributed by atoms with Gasteiger partial charge in [0.1, 0.15) is 18.0 Å². The zero-order valence-corrected chi connectivity index (χ0v) is 11.8. The molecule has 1 aromatic carbocycles. The minimum atomic E-state index is -4.36. The zero-order chi connectivity index (χ0) is 16.0. The number of furan rings is 1. The summed E-state index contributed by atoms with van der Waals surface area (Å²) >= 11 is 0. The van der Waals surface area contributed by atoms with Crippen LogP contribution in [-0.2, 0) is 16.0 Å². The van der Waals surface area contributed by atoms with E-state index < -0.39 is 12.8 Å². The Kier molecular flexibility index (Phi) is 5.43. The van der Waals surface area contributed by atoms with Crippen molar-refractivity contribution < 1.29 is 27.1 Å². The highest BCUT2D eigenvalue weighted by Crippen LogP contribution is 2.18. The number of carbonyl (C=O) groups is 1. The number of hydrogen-bond acceptors (Lipinski definition) is 3. The highest BCUT2D eigenvalue weighted by Gasteiger charge is 2.27. The molecule has 0 saturated heterocycles. The minimum Gasteiger partial charge on any atom is -0.461 e. The SMILES string of the molecule is O=C(CCOCC(F)(F)F)NCCc1cc2ccccc2o1. The van der Waals surface area contributed by atoms with Gasteiger partial charge in [-0.25, -0.2) is 0 Å². The van der Waals surface area contributed by atoms with Crippen molar-refractivity contribution in [1.82, 2.24) is 5.32 Å². The molecule has 1 heterocycles. The number of nitrogens with one attached hydrogen (secondary N) is 1.